The van der Waals surface area contributed by atoms with Crippen molar-refractivity contribution in [1.82, 2.24) is 19.8 Å². The van der Waals surface area contributed by atoms with Gasteiger partial charge in [-0.3, -0.25) is 4.90 Å². The summed E-state index contributed by atoms with van der Waals surface area (Å²) in [4.78, 5) is 28.3. The Bertz CT molecular complexity index is 1450. The number of aromatic nitrogens is 2. The zero-order valence-electron chi connectivity index (χ0n) is 23.8. The number of benzene rings is 2. The van der Waals surface area contributed by atoms with Crippen molar-refractivity contribution in [3.63, 3.8) is 0 Å². The second-order valence-corrected chi connectivity index (χ2v) is 11.5. The highest BCUT2D eigenvalue weighted by Crippen LogP contribution is 2.34. The van der Waals surface area contributed by atoms with Crippen LogP contribution in [-0.4, -0.2) is 70.2 Å². The number of fused-ring (bicyclic) bond motifs is 1. The van der Waals surface area contributed by atoms with E-state index in [-0.39, 0.29) is 17.2 Å². The van der Waals surface area contributed by atoms with Crippen molar-refractivity contribution in [2.24, 2.45) is 0 Å². The van der Waals surface area contributed by atoms with Crippen molar-refractivity contribution in [2.75, 3.05) is 43.9 Å². The van der Waals surface area contributed by atoms with E-state index in [0.717, 1.165) is 26.2 Å². The van der Waals surface area contributed by atoms with Crippen molar-refractivity contribution in [1.29, 1.82) is 0 Å². The summed E-state index contributed by atoms with van der Waals surface area (Å²) in [6.07, 6.45) is 0.734. The fourth-order valence-corrected chi connectivity index (χ4v) is 4.45. The molecule has 2 aromatic carbocycles. The van der Waals surface area contributed by atoms with Crippen LogP contribution < -0.4 is 10.6 Å². The maximum Gasteiger partial charge on any atom is 0.420 e. The summed E-state index contributed by atoms with van der Waals surface area (Å²) in [6, 6.07) is 7.95. The second-order valence-electron chi connectivity index (χ2n) is 11.5. The van der Waals surface area contributed by atoms with Gasteiger partial charge in [-0.25, -0.2) is 24.1 Å². The highest BCUT2D eigenvalue weighted by Gasteiger charge is 2.29. The molecule has 1 aromatic heterocycles. The summed E-state index contributed by atoms with van der Waals surface area (Å²) in [6.45, 7) is 15.1. The topological polar surface area (TPSA) is 87.8 Å². The maximum atomic E-state index is 14.1. The molecule has 1 saturated heterocycles. The van der Waals surface area contributed by atoms with Gasteiger partial charge in [-0.05, 0) is 84.5 Å². The molecule has 0 saturated carbocycles. The summed E-state index contributed by atoms with van der Waals surface area (Å²) in [7, 11) is 2.13. The smallest absolute Gasteiger partial charge is 0.420 e. The number of piperazine rings is 1. The van der Waals surface area contributed by atoms with Crippen LogP contribution in [0.3, 0.4) is 0 Å². The Kier molecular flexibility index (Phi) is 7.82. The number of aryl methyl sites for hydroxylation is 1. The highest BCUT2D eigenvalue weighted by atomic mass is 19.1. The van der Waals surface area contributed by atoms with E-state index in [1.807, 2.05) is 6.07 Å². The van der Waals surface area contributed by atoms with Crippen LogP contribution in [0.4, 0.5) is 26.4 Å². The molecule has 0 spiro atoms. The van der Waals surface area contributed by atoms with E-state index in [1.54, 1.807) is 39.8 Å². The number of likely N-dealkylation sites (N-methyl/N-ethyl adjacent to an activating group) is 1. The lowest BCUT2D eigenvalue weighted by Gasteiger charge is -2.40. The number of anilines is 3. The summed E-state index contributed by atoms with van der Waals surface area (Å²) in [5.41, 5.74) is 7.87. The standard InChI is InChI=1S/C30H37FN6O2/c1-20-16-22(8-9-24(20)31)37(28(38)39-29(2,3)4)27-23-18-25(32)21(17-26(23)33-19-34-27)10-11-30(5,6)36-14-12-35(7)13-15-36/h8-9,16-19H,12-15,32H2,1-7H3. The molecule has 0 bridgehead atoms. The largest absolute Gasteiger partial charge is 0.443 e. The molecule has 1 amide bonds. The van der Waals surface area contributed by atoms with E-state index in [9.17, 15) is 9.18 Å². The number of hydrogen-bond donors (Lipinski definition) is 1. The lowest BCUT2D eigenvalue weighted by Crippen LogP contribution is -2.53. The van der Waals surface area contributed by atoms with Crippen LogP contribution in [0.1, 0.15) is 45.7 Å². The van der Waals surface area contributed by atoms with Gasteiger partial charge < -0.3 is 15.4 Å². The maximum absolute atomic E-state index is 14.1. The monoisotopic (exact) mass is 532 g/mol. The molecule has 0 atom stereocenters. The summed E-state index contributed by atoms with van der Waals surface area (Å²) < 4.78 is 19.8. The van der Waals surface area contributed by atoms with Crippen LogP contribution in [-0.2, 0) is 4.74 Å². The molecule has 1 aliphatic heterocycles. The molecule has 39 heavy (non-hydrogen) atoms. The van der Waals surface area contributed by atoms with E-state index in [2.05, 4.69) is 52.5 Å². The highest BCUT2D eigenvalue weighted by molar-refractivity contribution is 6.04. The third-order valence-electron chi connectivity index (χ3n) is 6.77. The summed E-state index contributed by atoms with van der Waals surface area (Å²) >= 11 is 0. The number of ether oxygens (including phenoxy) is 1. The Balaban J connectivity index is 1.77. The van der Waals surface area contributed by atoms with Gasteiger partial charge in [0.05, 0.1) is 16.7 Å². The van der Waals surface area contributed by atoms with Crippen molar-refractivity contribution in [2.45, 2.75) is 52.7 Å². The van der Waals surface area contributed by atoms with Crippen LogP contribution in [0, 0.1) is 24.6 Å². The first kappa shape index (κ1) is 28.3. The predicted octanol–water partition coefficient (Wildman–Crippen LogP) is 5.11. The third kappa shape index (κ3) is 6.47. The zero-order valence-corrected chi connectivity index (χ0v) is 23.8. The molecule has 1 aliphatic rings. The van der Waals surface area contributed by atoms with Crippen LogP contribution in [0.5, 0.6) is 0 Å². The lowest BCUT2D eigenvalue weighted by atomic mass is 10.0. The third-order valence-corrected chi connectivity index (χ3v) is 6.77. The minimum Gasteiger partial charge on any atom is -0.443 e. The van der Waals surface area contributed by atoms with E-state index in [1.165, 1.54) is 23.4 Å². The van der Waals surface area contributed by atoms with Gasteiger partial charge in [-0.1, -0.05) is 11.8 Å². The Hall–Kier alpha value is -3.74. The Labute approximate surface area is 230 Å². The molecule has 0 aliphatic carbocycles. The molecule has 206 valence electrons. The molecular weight excluding hydrogens is 495 g/mol. The van der Waals surface area contributed by atoms with Crippen molar-refractivity contribution < 1.29 is 13.9 Å². The molecule has 2 heterocycles. The van der Waals surface area contributed by atoms with Crippen LogP contribution in [0.25, 0.3) is 10.9 Å². The first-order chi connectivity index (χ1) is 18.2. The number of nitrogen functional groups attached to an aromatic ring is 1. The quantitative estimate of drug-likeness (QED) is 0.370. The van der Waals surface area contributed by atoms with Gasteiger partial charge in [0.25, 0.3) is 0 Å². The zero-order chi connectivity index (χ0) is 28.5. The number of rotatable bonds is 3. The van der Waals surface area contributed by atoms with Gasteiger partial charge in [-0.15, -0.1) is 0 Å². The van der Waals surface area contributed by atoms with Gasteiger partial charge in [0.1, 0.15) is 17.7 Å². The Morgan fingerprint density at radius 2 is 1.77 bits per heavy atom. The van der Waals surface area contributed by atoms with Gasteiger partial charge in [0.15, 0.2) is 5.82 Å². The number of nitrogens with two attached hydrogens (primary N) is 1. The number of amides is 1. The number of nitrogens with zero attached hydrogens (tertiary/aromatic N) is 5. The van der Waals surface area contributed by atoms with E-state index >= 15 is 0 Å². The van der Waals surface area contributed by atoms with Crippen molar-refractivity contribution >= 4 is 34.2 Å². The van der Waals surface area contributed by atoms with Crippen molar-refractivity contribution in [3.8, 4) is 11.8 Å². The van der Waals surface area contributed by atoms with Gasteiger partial charge >= 0.3 is 6.09 Å². The summed E-state index contributed by atoms with van der Waals surface area (Å²) in [5.74, 6) is 6.57. The SMILES string of the molecule is Cc1cc(N(C(=O)OC(C)(C)C)c2ncnc3cc(C#CC(C)(C)N4CCN(C)CC4)c(N)cc23)ccc1F. The Morgan fingerprint density at radius 3 is 2.41 bits per heavy atom. The predicted molar refractivity (Wildman–Crippen MR) is 153 cm³/mol. The average molecular weight is 533 g/mol. The van der Waals surface area contributed by atoms with E-state index < -0.39 is 11.7 Å². The minimum absolute atomic E-state index is 0.282. The number of carbonyl (C=O) groups is 1. The average Bonchev–Trinajstić information content (AvgIpc) is 2.84. The first-order valence-corrected chi connectivity index (χ1v) is 13.1. The van der Waals surface area contributed by atoms with Crippen LogP contribution in [0.15, 0.2) is 36.7 Å². The second kappa shape index (κ2) is 10.8. The van der Waals surface area contributed by atoms with E-state index in [0.29, 0.717) is 33.4 Å². The molecule has 1 fully saturated rings. The van der Waals surface area contributed by atoms with Gasteiger partial charge in [-0.2, -0.15) is 0 Å². The lowest BCUT2D eigenvalue weighted by molar-refractivity contribution is 0.0598. The molecule has 3 aromatic rings. The molecule has 4 rings (SSSR count). The van der Waals surface area contributed by atoms with Gasteiger partial charge in [0.2, 0.25) is 0 Å². The van der Waals surface area contributed by atoms with Crippen LogP contribution >= 0.6 is 0 Å². The molecular formula is C30H37FN6O2. The molecule has 8 nitrogen and oxygen atoms in total. The molecule has 0 unspecified atom stereocenters. The van der Waals surface area contributed by atoms with Gasteiger partial charge in [0, 0.05) is 42.8 Å². The summed E-state index contributed by atoms with van der Waals surface area (Å²) in [5, 5.41) is 0.548. The number of carbonyl (C=O) groups excluding carboxylic acids is 1. The number of hydrogen-bond acceptors (Lipinski definition) is 7. The molecule has 9 heteroatoms. The normalized spacial score (nSPS) is 15.1. The first-order valence-electron chi connectivity index (χ1n) is 13.1. The Morgan fingerprint density at radius 1 is 1.08 bits per heavy atom. The number of halogens is 1. The minimum atomic E-state index is -0.758. The molecule has 2 N–H and O–H groups in total. The fourth-order valence-electron chi connectivity index (χ4n) is 4.45. The van der Waals surface area contributed by atoms with E-state index in [4.69, 9.17) is 10.5 Å². The van der Waals surface area contributed by atoms with Crippen molar-refractivity contribution in [3.05, 3.63) is 53.6 Å². The molecule has 0 radical (unpaired) electrons. The van der Waals surface area contributed by atoms with Crippen LogP contribution in [0.2, 0.25) is 0 Å². The fraction of sp³-hybridized carbons (Fsp3) is 0.433.